The molecule has 0 N–H and O–H groups in total. The summed E-state index contributed by atoms with van der Waals surface area (Å²) in [4.78, 5) is 16.1. The number of morpholine rings is 1. The lowest BCUT2D eigenvalue weighted by atomic mass is 10.1. The standard InChI is InChI=1S/C26H26F2N6O3/c1-35-19-10-20(36-2)23(28)21(22(19)27)18-9-16-11-29-25(17-12-30-34(14-17)13-15-3-4-15)32-24(16)26(31-18)33-5-7-37-8-6-33/h9-12,14-15H,3-8,13H2,1-2H3. The molecule has 11 heteroatoms. The molecule has 1 aromatic carbocycles. The lowest BCUT2D eigenvalue weighted by Gasteiger charge is -2.29. The van der Waals surface area contributed by atoms with Crippen LogP contribution in [0, 0.1) is 17.6 Å². The third-order valence-electron chi connectivity index (χ3n) is 6.72. The molecule has 4 aromatic rings. The van der Waals surface area contributed by atoms with Gasteiger partial charge in [0.15, 0.2) is 34.8 Å². The van der Waals surface area contributed by atoms with Crippen molar-refractivity contribution in [1.82, 2.24) is 24.7 Å². The van der Waals surface area contributed by atoms with Gasteiger partial charge >= 0.3 is 0 Å². The van der Waals surface area contributed by atoms with Gasteiger partial charge in [0, 0.05) is 43.5 Å². The van der Waals surface area contributed by atoms with Crippen molar-refractivity contribution in [3.63, 3.8) is 0 Å². The van der Waals surface area contributed by atoms with E-state index < -0.39 is 11.6 Å². The highest BCUT2D eigenvalue weighted by atomic mass is 19.1. The molecule has 9 nitrogen and oxygen atoms in total. The van der Waals surface area contributed by atoms with Crippen LogP contribution in [0.2, 0.25) is 0 Å². The predicted octanol–water partition coefficient (Wildman–Crippen LogP) is 4.10. The van der Waals surface area contributed by atoms with Gasteiger partial charge in [-0.1, -0.05) is 0 Å². The summed E-state index contributed by atoms with van der Waals surface area (Å²) in [5.41, 5.74) is 1.14. The molecule has 0 bridgehead atoms. The van der Waals surface area contributed by atoms with Crippen molar-refractivity contribution >= 4 is 16.7 Å². The Morgan fingerprint density at radius 3 is 2.41 bits per heavy atom. The lowest BCUT2D eigenvalue weighted by molar-refractivity contribution is 0.122. The molecule has 3 aromatic heterocycles. The molecular formula is C26H26F2N6O3. The first-order chi connectivity index (χ1) is 18.1. The van der Waals surface area contributed by atoms with Crippen molar-refractivity contribution in [2.24, 2.45) is 5.92 Å². The fourth-order valence-electron chi connectivity index (χ4n) is 4.54. The second-order valence-electron chi connectivity index (χ2n) is 9.24. The Morgan fingerprint density at radius 2 is 1.73 bits per heavy atom. The van der Waals surface area contributed by atoms with E-state index in [2.05, 4.69) is 10.1 Å². The lowest BCUT2D eigenvalue weighted by Crippen LogP contribution is -2.37. The summed E-state index contributed by atoms with van der Waals surface area (Å²) in [5.74, 6) is -0.292. The van der Waals surface area contributed by atoms with Crippen LogP contribution in [-0.4, -0.2) is 65.3 Å². The fraction of sp³-hybridized carbons (Fsp3) is 0.385. The first-order valence-electron chi connectivity index (χ1n) is 12.2. The molecule has 6 rings (SSSR count). The normalized spacial score (nSPS) is 15.8. The molecule has 2 fully saturated rings. The third kappa shape index (κ3) is 4.43. The first kappa shape index (κ1) is 23.5. The Balaban J connectivity index is 1.50. The number of ether oxygens (including phenoxy) is 3. The number of aromatic nitrogens is 5. The van der Waals surface area contributed by atoms with Crippen molar-refractivity contribution in [3.05, 3.63) is 42.4 Å². The minimum absolute atomic E-state index is 0.0924. The monoisotopic (exact) mass is 508 g/mol. The van der Waals surface area contributed by atoms with Crippen LogP contribution < -0.4 is 14.4 Å². The molecule has 0 radical (unpaired) electrons. The van der Waals surface area contributed by atoms with E-state index in [-0.39, 0.29) is 22.8 Å². The van der Waals surface area contributed by atoms with E-state index in [0.29, 0.717) is 54.8 Å². The fourth-order valence-corrected chi connectivity index (χ4v) is 4.54. The number of anilines is 1. The molecule has 4 heterocycles. The van der Waals surface area contributed by atoms with Crippen LogP contribution in [0.1, 0.15) is 12.8 Å². The Kier molecular flexibility index (Phi) is 6.07. The Labute approximate surface area is 212 Å². The van der Waals surface area contributed by atoms with Gasteiger partial charge in [0.05, 0.1) is 50.5 Å². The molecule has 37 heavy (non-hydrogen) atoms. The molecule has 0 atom stereocenters. The second kappa shape index (κ2) is 9.55. The summed E-state index contributed by atoms with van der Waals surface area (Å²) in [7, 11) is 2.63. The van der Waals surface area contributed by atoms with E-state index in [1.54, 1.807) is 18.5 Å². The Bertz CT molecular complexity index is 1440. The van der Waals surface area contributed by atoms with Crippen molar-refractivity contribution in [2.45, 2.75) is 19.4 Å². The van der Waals surface area contributed by atoms with Gasteiger partial charge in [-0.05, 0) is 24.8 Å². The van der Waals surface area contributed by atoms with Gasteiger partial charge in [-0.15, -0.1) is 0 Å². The summed E-state index contributed by atoms with van der Waals surface area (Å²) in [6.07, 6.45) is 7.83. The Morgan fingerprint density at radius 1 is 1.00 bits per heavy atom. The number of methoxy groups -OCH3 is 2. The number of hydrogen-bond donors (Lipinski definition) is 0. The molecule has 2 aliphatic rings. The maximum atomic E-state index is 15.4. The number of nitrogens with zero attached hydrogens (tertiary/aromatic N) is 6. The quantitative estimate of drug-likeness (QED) is 0.369. The van der Waals surface area contributed by atoms with Crippen LogP contribution in [0.15, 0.2) is 30.7 Å². The zero-order chi connectivity index (χ0) is 25.5. The number of rotatable bonds is 7. The van der Waals surface area contributed by atoms with Crippen LogP contribution in [-0.2, 0) is 11.3 Å². The van der Waals surface area contributed by atoms with Crippen LogP contribution >= 0.6 is 0 Å². The van der Waals surface area contributed by atoms with Gasteiger partial charge < -0.3 is 19.1 Å². The van der Waals surface area contributed by atoms with Gasteiger partial charge in [-0.3, -0.25) is 4.68 Å². The van der Waals surface area contributed by atoms with E-state index in [4.69, 9.17) is 24.2 Å². The van der Waals surface area contributed by atoms with Crippen LogP contribution in [0.4, 0.5) is 14.6 Å². The molecular weight excluding hydrogens is 482 g/mol. The summed E-state index contributed by atoms with van der Waals surface area (Å²) in [6.45, 7) is 3.04. The highest BCUT2D eigenvalue weighted by Crippen LogP contribution is 2.39. The van der Waals surface area contributed by atoms with Crippen LogP contribution in [0.25, 0.3) is 33.5 Å². The molecule has 0 spiro atoms. The van der Waals surface area contributed by atoms with Gasteiger partial charge in [-0.2, -0.15) is 5.10 Å². The van der Waals surface area contributed by atoms with Gasteiger partial charge in [0.25, 0.3) is 0 Å². The number of fused-ring (bicyclic) bond motifs is 1. The van der Waals surface area contributed by atoms with E-state index in [1.165, 1.54) is 33.1 Å². The predicted molar refractivity (Wildman–Crippen MR) is 133 cm³/mol. The summed E-state index contributed by atoms with van der Waals surface area (Å²) < 4.78 is 48.4. The SMILES string of the molecule is COc1cc(OC)c(F)c(-c2cc3cnc(-c4cnn(CC5CC5)c4)nc3c(N3CCOCC3)n2)c1F. The minimum atomic E-state index is -0.860. The maximum absolute atomic E-state index is 15.4. The zero-order valence-electron chi connectivity index (χ0n) is 20.6. The first-order valence-corrected chi connectivity index (χ1v) is 12.2. The highest BCUT2D eigenvalue weighted by molar-refractivity contribution is 5.92. The maximum Gasteiger partial charge on any atom is 0.177 e. The average Bonchev–Trinajstić information content (AvgIpc) is 3.62. The summed E-state index contributed by atoms with van der Waals surface area (Å²) >= 11 is 0. The molecule has 1 aliphatic carbocycles. The average molecular weight is 509 g/mol. The minimum Gasteiger partial charge on any atom is -0.494 e. The third-order valence-corrected chi connectivity index (χ3v) is 6.72. The zero-order valence-corrected chi connectivity index (χ0v) is 20.6. The van der Waals surface area contributed by atoms with Crippen molar-refractivity contribution < 1.29 is 23.0 Å². The number of benzene rings is 1. The van der Waals surface area contributed by atoms with Crippen molar-refractivity contribution in [3.8, 4) is 34.1 Å². The van der Waals surface area contributed by atoms with Crippen molar-refractivity contribution in [2.75, 3.05) is 45.4 Å². The Hall–Kier alpha value is -3.86. The highest BCUT2D eigenvalue weighted by Gasteiger charge is 2.26. The van der Waals surface area contributed by atoms with Crippen LogP contribution in [0.5, 0.6) is 11.5 Å². The molecule has 0 unspecified atom stereocenters. The molecule has 1 aliphatic heterocycles. The van der Waals surface area contributed by atoms with Crippen LogP contribution in [0.3, 0.4) is 0 Å². The number of hydrogen-bond acceptors (Lipinski definition) is 8. The molecule has 1 saturated carbocycles. The topological polar surface area (TPSA) is 87.4 Å². The van der Waals surface area contributed by atoms with Gasteiger partial charge in [0.1, 0.15) is 5.52 Å². The van der Waals surface area contributed by atoms with Gasteiger partial charge in [0.2, 0.25) is 0 Å². The molecule has 192 valence electrons. The van der Waals surface area contributed by atoms with E-state index in [9.17, 15) is 0 Å². The van der Waals surface area contributed by atoms with E-state index in [0.717, 1.165) is 12.1 Å². The smallest absolute Gasteiger partial charge is 0.177 e. The summed E-state index contributed by atoms with van der Waals surface area (Å²) in [6, 6.07) is 2.76. The van der Waals surface area contributed by atoms with E-state index >= 15 is 8.78 Å². The largest absolute Gasteiger partial charge is 0.494 e. The van der Waals surface area contributed by atoms with Gasteiger partial charge in [-0.25, -0.2) is 23.7 Å². The summed E-state index contributed by atoms with van der Waals surface area (Å²) in [5, 5.41) is 5.06. The van der Waals surface area contributed by atoms with Crippen molar-refractivity contribution in [1.29, 1.82) is 0 Å². The molecule has 1 saturated heterocycles. The second-order valence-corrected chi connectivity index (χ2v) is 9.24. The number of pyridine rings is 1. The number of halogens is 2. The van der Waals surface area contributed by atoms with E-state index in [1.807, 2.05) is 15.8 Å². The molecule has 0 amide bonds.